The standard InChI is InChI=1S/C19H29FN4O/c1-2-21-19(22-9-7-16-3-5-17(20)6-4-16)24-10-8-18(15-24)23-11-13-25-14-12-23/h3-6,18H,2,7-15H2,1H3,(H,21,22). The molecule has 1 N–H and O–H groups in total. The molecule has 1 aromatic rings. The first-order valence-corrected chi connectivity index (χ1v) is 9.35. The second-order valence-electron chi connectivity index (χ2n) is 6.65. The first-order valence-electron chi connectivity index (χ1n) is 9.35. The van der Waals surface area contributed by atoms with E-state index in [1.807, 2.05) is 12.1 Å². The minimum absolute atomic E-state index is 0.188. The van der Waals surface area contributed by atoms with E-state index in [0.29, 0.717) is 12.6 Å². The van der Waals surface area contributed by atoms with Crippen LogP contribution in [-0.2, 0) is 11.2 Å². The van der Waals surface area contributed by atoms with Gasteiger partial charge >= 0.3 is 0 Å². The van der Waals surface area contributed by atoms with Crippen molar-refractivity contribution in [3.63, 3.8) is 0 Å². The van der Waals surface area contributed by atoms with Crippen LogP contribution in [0.5, 0.6) is 0 Å². The van der Waals surface area contributed by atoms with Gasteiger partial charge in [0.25, 0.3) is 0 Å². The first kappa shape index (κ1) is 18.1. The maximum absolute atomic E-state index is 13.0. The van der Waals surface area contributed by atoms with E-state index in [4.69, 9.17) is 9.73 Å². The minimum Gasteiger partial charge on any atom is -0.379 e. The normalized spacial score (nSPS) is 22.4. The summed E-state index contributed by atoms with van der Waals surface area (Å²) in [6.45, 7) is 9.54. The Morgan fingerprint density at radius 2 is 2.00 bits per heavy atom. The highest BCUT2D eigenvalue weighted by atomic mass is 19.1. The molecule has 5 nitrogen and oxygen atoms in total. The van der Waals surface area contributed by atoms with Crippen molar-refractivity contribution in [1.29, 1.82) is 0 Å². The number of aliphatic imine (C=N–C) groups is 1. The average molecular weight is 348 g/mol. The molecule has 3 rings (SSSR count). The van der Waals surface area contributed by atoms with Gasteiger partial charge in [-0.2, -0.15) is 0 Å². The molecule has 0 radical (unpaired) electrons. The number of guanidine groups is 1. The summed E-state index contributed by atoms with van der Waals surface area (Å²) in [5, 5.41) is 3.42. The van der Waals surface area contributed by atoms with Gasteiger partial charge in [0.2, 0.25) is 0 Å². The third-order valence-electron chi connectivity index (χ3n) is 4.94. The molecule has 0 bridgehead atoms. The molecule has 1 unspecified atom stereocenters. The Labute approximate surface area is 149 Å². The molecular weight excluding hydrogens is 319 g/mol. The molecule has 6 heteroatoms. The second kappa shape index (κ2) is 9.15. The topological polar surface area (TPSA) is 40.1 Å². The van der Waals surface area contributed by atoms with Gasteiger partial charge in [0, 0.05) is 45.3 Å². The summed E-state index contributed by atoms with van der Waals surface area (Å²) >= 11 is 0. The highest BCUT2D eigenvalue weighted by molar-refractivity contribution is 5.80. The second-order valence-corrected chi connectivity index (χ2v) is 6.65. The molecule has 0 aliphatic carbocycles. The van der Waals surface area contributed by atoms with Gasteiger partial charge in [-0.3, -0.25) is 9.89 Å². The molecule has 2 heterocycles. The van der Waals surface area contributed by atoms with Crippen molar-refractivity contribution >= 4 is 5.96 Å². The van der Waals surface area contributed by atoms with E-state index in [-0.39, 0.29) is 5.82 Å². The van der Waals surface area contributed by atoms with Gasteiger partial charge in [0.05, 0.1) is 13.2 Å². The lowest BCUT2D eigenvalue weighted by Gasteiger charge is -2.32. The van der Waals surface area contributed by atoms with Crippen LogP contribution in [0.4, 0.5) is 4.39 Å². The summed E-state index contributed by atoms with van der Waals surface area (Å²) in [6, 6.07) is 7.30. The summed E-state index contributed by atoms with van der Waals surface area (Å²) in [5.41, 5.74) is 1.12. The number of likely N-dealkylation sites (tertiary alicyclic amines) is 1. The van der Waals surface area contributed by atoms with Gasteiger partial charge in [-0.05, 0) is 37.5 Å². The zero-order chi connectivity index (χ0) is 17.5. The van der Waals surface area contributed by atoms with Gasteiger partial charge in [0.15, 0.2) is 5.96 Å². The minimum atomic E-state index is -0.188. The number of nitrogens with one attached hydrogen (secondary N) is 1. The van der Waals surface area contributed by atoms with E-state index < -0.39 is 0 Å². The van der Waals surface area contributed by atoms with Gasteiger partial charge in [0.1, 0.15) is 5.82 Å². The Balaban J connectivity index is 1.53. The summed E-state index contributed by atoms with van der Waals surface area (Å²) < 4.78 is 18.4. The predicted molar refractivity (Wildman–Crippen MR) is 98.5 cm³/mol. The van der Waals surface area contributed by atoms with Crippen LogP contribution in [0.3, 0.4) is 0 Å². The maximum Gasteiger partial charge on any atom is 0.193 e. The molecular formula is C19H29FN4O. The highest BCUT2D eigenvalue weighted by Crippen LogP contribution is 2.17. The number of ether oxygens (including phenoxy) is 1. The third kappa shape index (κ3) is 5.16. The van der Waals surface area contributed by atoms with Crippen LogP contribution in [0.1, 0.15) is 18.9 Å². The van der Waals surface area contributed by atoms with Crippen molar-refractivity contribution in [2.45, 2.75) is 25.8 Å². The van der Waals surface area contributed by atoms with Crippen LogP contribution in [0.2, 0.25) is 0 Å². The number of nitrogens with zero attached hydrogens (tertiary/aromatic N) is 3. The molecule has 2 aliphatic heterocycles. The Morgan fingerprint density at radius 3 is 2.72 bits per heavy atom. The summed E-state index contributed by atoms with van der Waals surface area (Å²) in [7, 11) is 0. The molecule has 2 fully saturated rings. The smallest absolute Gasteiger partial charge is 0.193 e. The SMILES string of the molecule is CCNC(=NCCc1ccc(F)cc1)N1CCC(N2CCOCC2)C1. The Kier molecular flexibility index (Phi) is 6.64. The zero-order valence-electron chi connectivity index (χ0n) is 15.1. The number of halogens is 1. The Hall–Kier alpha value is -1.66. The molecule has 0 amide bonds. The largest absolute Gasteiger partial charge is 0.379 e. The fraction of sp³-hybridized carbons (Fsp3) is 0.632. The molecule has 0 spiro atoms. The van der Waals surface area contributed by atoms with Gasteiger partial charge in [-0.15, -0.1) is 0 Å². The molecule has 0 aromatic heterocycles. The quantitative estimate of drug-likeness (QED) is 0.650. The maximum atomic E-state index is 13.0. The highest BCUT2D eigenvalue weighted by Gasteiger charge is 2.30. The van der Waals surface area contributed by atoms with E-state index in [1.54, 1.807) is 0 Å². The molecule has 25 heavy (non-hydrogen) atoms. The fourth-order valence-electron chi connectivity index (χ4n) is 3.54. The third-order valence-corrected chi connectivity index (χ3v) is 4.94. The number of rotatable bonds is 5. The lowest BCUT2D eigenvalue weighted by molar-refractivity contribution is 0.0195. The van der Waals surface area contributed by atoms with Gasteiger partial charge in [-0.25, -0.2) is 4.39 Å². The van der Waals surface area contributed by atoms with E-state index in [0.717, 1.165) is 63.9 Å². The number of morpholine rings is 1. The number of hydrogen-bond donors (Lipinski definition) is 1. The number of benzene rings is 1. The molecule has 2 aliphatic rings. The van der Waals surface area contributed by atoms with Gasteiger partial charge in [-0.1, -0.05) is 12.1 Å². The molecule has 138 valence electrons. The van der Waals surface area contributed by atoms with Crippen molar-refractivity contribution in [1.82, 2.24) is 15.1 Å². The fourth-order valence-corrected chi connectivity index (χ4v) is 3.54. The van der Waals surface area contributed by atoms with Crippen molar-refractivity contribution < 1.29 is 9.13 Å². The van der Waals surface area contributed by atoms with E-state index >= 15 is 0 Å². The van der Waals surface area contributed by atoms with E-state index in [9.17, 15) is 4.39 Å². The molecule has 0 saturated carbocycles. The molecule has 1 aromatic carbocycles. The van der Waals surface area contributed by atoms with Gasteiger partial charge < -0.3 is 15.0 Å². The van der Waals surface area contributed by atoms with Crippen molar-refractivity contribution in [2.24, 2.45) is 4.99 Å². The summed E-state index contributed by atoms with van der Waals surface area (Å²) in [4.78, 5) is 9.70. The summed E-state index contributed by atoms with van der Waals surface area (Å²) in [6.07, 6.45) is 2.01. The first-order chi connectivity index (χ1) is 12.3. The van der Waals surface area contributed by atoms with Crippen molar-refractivity contribution in [2.75, 3.05) is 52.5 Å². The zero-order valence-corrected chi connectivity index (χ0v) is 15.1. The Bertz CT molecular complexity index is 557. The van der Waals surface area contributed by atoms with Crippen LogP contribution in [0, 0.1) is 5.82 Å². The van der Waals surface area contributed by atoms with Crippen LogP contribution < -0.4 is 5.32 Å². The molecule has 2 saturated heterocycles. The lowest BCUT2D eigenvalue weighted by atomic mass is 10.1. The average Bonchev–Trinajstić information content (AvgIpc) is 3.13. The lowest BCUT2D eigenvalue weighted by Crippen LogP contribution is -2.46. The number of hydrogen-bond acceptors (Lipinski definition) is 3. The summed E-state index contributed by atoms with van der Waals surface area (Å²) in [5.74, 6) is 0.812. The van der Waals surface area contributed by atoms with Crippen LogP contribution in [0.25, 0.3) is 0 Å². The predicted octanol–water partition coefficient (Wildman–Crippen LogP) is 1.74. The Morgan fingerprint density at radius 1 is 1.24 bits per heavy atom. The van der Waals surface area contributed by atoms with Crippen LogP contribution in [-0.4, -0.2) is 74.3 Å². The van der Waals surface area contributed by atoms with E-state index in [1.165, 1.54) is 18.6 Å². The van der Waals surface area contributed by atoms with Crippen molar-refractivity contribution in [3.8, 4) is 0 Å². The van der Waals surface area contributed by atoms with Crippen molar-refractivity contribution in [3.05, 3.63) is 35.6 Å². The molecule has 1 atom stereocenters. The monoisotopic (exact) mass is 348 g/mol. The van der Waals surface area contributed by atoms with Crippen LogP contribution >= 0.6 is 0 Å². The van der Waals surface area contributed by atoms with Crippen LogP contribution in [0.15, 0.2) is 29.3 Å². The van der Waals surface area contributed by atoms with E-state index in [2.05, 4.69) is 22.0 Å².